The molecule has 2 rings (SSSR count). The third-order valence-electron chi connectivity index (χ3n) is 3.93. The molecule has 1 heterocycles. The van der Waals surface area contributed by atoms with E-state index in [1.807, 2.05) is 0 Å². The Hall–Kier alpha value is -0.850. The Morgan fingerprint density at radius 1 is 1.37 bits per heavy atom. The fourth-order valence-corrected chi connectivity index (χ4v) is 3.64. The predicted octanol–water partition coefficient (Wildman–Crippen LogP) is 1.84. The number of sulfonamides is 1. The Kier molecular flexibility index (Phi) is 4.65. The standard InChI is InChI=1S/C13H22N2O3S/c1-10-4-2-3-5-11(10)9-15-19(16,17)13-7-6-12(8-14)18-13/h6-7,10-11,15H,2-5,8-9,14H2,1H3. The fraction of sp³-hybridized carbons (Fsp3) is 0.692. The lowest BCUT2D eigenvalue weighted by molar-refractivity contribution is 0.257. The van der Waals surface area contributed by atoms with Gasteiger partial charge in [-0.15, -0.1) is 0 Å². The summed E-state index contributed by atoms with van der Waals surface area (Å²) in [6.07, 6.45) is 4.72. The van der Waals surface area contributed by atoms with Crippen molar-refractivity contribution in [3.63, 3.8) is 0 Å². The number of rotatable bonds is 5. The van der Waals surface area contributed by atoms with Crippen molar-refractivity contribution in [1.29, 1.82) is 0 Å². The molecule has 1 saturated carbocycles. The minimum absolute atomic E-state index is 0.0450. The van der Waals surface area contributed by atoms with E-state index in [9.17, 15) is 8.42 Å². The van der Waals surface area contributed by atoms with Gasteiger partial charge >= 0.3 is 0 Å². The summed E-state index contributed by atoms with van der Waals surface area (Å²) >= 11 is 0. The molecule has 1 aliphatic carbocycles. The molecule has 0 bridgehead atoms. The second kappa shape index (κ2) is 6.07. The molecule has 6 heteroatoms. The first-order valence-electron chi connectivity index (χ1n) is 6.81. The first kappa shape index (κ1) is 14.6. The van der Waals surface area contributed by atoms with Gasteiger partial charge in [-0.25, -0.2) is 13.1 Å². The first-order chi connectivity index (χ1) is 9.03. The highest BCUT2D eigenvalue weighted by Gasteiger charge is 2.25. The molecule has 0 aromatic carbocycles. The van der Waals surface area contributed by atoms with Crippen molar-refractivity contribution in [3.8, 4) is 0 Å². The molecule has 19 heavy (non-hydrogen) atoms. The van der Waals surface area contributed by atoms with Crippen LogP contribution in [0.4, 0.5) is 0 Å². The molecule has 108 valence electrons. The van der Waals surface area contributed by atoms with Crippen molar-refractivity contribution in [3.05, 3.63) is 17.9 Å². The molecule has 0 spiro atoms. The maximum absolute atomic E-state index is 12.1. The zero-order chi connectivity index (χ0) is 13.9. The largest absolute Gasteiger partial charge is 0.447 e. The summed E-state index contributed by atoms with van der Waals surface area (Å²) in [6.45, 7) is 2.88. The molecule has 2 atom stereocenters. The number of nitrogens with one attached hydrogen (secondary N) is 1. The van der Waals surface area contributed by atoms with Gasteiger partial charge in [0.15, 0.2) is 0 Å². The topological polar surface area (TPSA) is 85.3 Å². The summed E-state index contributed by atoms with van der Waals surface area (Å²) in [6, 6.07) is 3.05. The summed E-state index contributed by atoms with van der Waals surface area (Å²) in [5.74, 6) is 1.48. The van der Waals surface area contributed by atoms with Crippen LogP contribution >= 0.6 is 0 Å². The van der Waals surface area contributed by atoms with Crippen molar-refractivity contribution in [2.45, 2.75) is 44.2 Å². The van der Waals surface area contributed by atoms with Crippen LogP contribution in [-0.4, -0.2) is 15.0 Å². The van der Waals surface area contributed by atoms with Gasteiger partial charge in [-0.3, -0.25) is 0 Å². The van der Waals surface area contributed by atoms with E-state index in [1.165, 1.54) is 25.3 Å². The molecule has 0 saturated heterocycles. The summed E-state index contributed by atoms with van der Waals surface area (Å²) in [7, 11) is -3.54. The molecule has 1 aromatic heterocycles. The van der Waals surface area contributed by atoms with Crippen LogP contribution in [-0.2, 0) is 16.6 Å². The van der Waals surface area contributed by atoms with Gasteiger partial charge in [0, 0.05) is 6.54 Å². The smallest absolute Gasteiger partial charge is 0.273 e. The lowest BCUT2D eigenvalue weighted by atomic mass is 9.81. The second-order valence-electron chi connectivity index (χ2n) is 5.30. The molecular formula is C13H22N2O3S. The van der Waals surface area contributed by atoms with Gasteiger partial charge in [-0.05, 0) is 30.4 Å². The van der Waals surface area contributed by atoms with E-state index in [0.717, 1.165) is 6.42 Å². The van der Waals surface area contributed by atoms with Crippen LogP contribution in [0.15, 0.2) is 21.6 Å². The number of hydrogen-bond acceptors (Lipinski definition) is 4. The Bertz CT molecular complexity index is 510. The number of nitrogens with two attached hydrogens (primary N) is 1. The van der Waals surface area contributed by atoms with Crippen LogP contribution in [0.25, 0.3) is 0 Å². The van der Waals surface area contributed by atoms with Crippen molar-refractivity contribution in [2.75, 3.05) is 6.54 Å². The Balaban J connectivity index is 1.97. The van der Waals surface area contributed by atoms with Gasteiger partial charge in [0.25, 0.3) is 10.0 Å². The van der Waals surface area contributed by atoms with Crippen molar-refractivity contribution < 1.29 is 12.8 Å². The predicted molar refractivity (Wildman–Crippen MR) is 72.9 cm³/mol. The lowest BCUT2D eigenvalue weighted by Crippen LogP contribution is -2.33. The first-order valence-corrected chi connectivity index (χ1v) is 8.29. The highest BCUT2D eigenvalue weighted by atomic mass is 32.2. The average Bonchev–Trinajstić information content (AvgIpc) is 2.87. The quantitative estimate of drug-likeness (QED) is 0.865. The van der Waals surface area contributed by atoms with Crippen LogP contribution < -0.4 is 10.5 Å². The van der Waals surface area contributed by atoms with Crippen LogP contribution in [0, 0.1) is 11.8 Å². The van der Waals surface area contributed by atoms with Crippen LogP contribution in [0.1, 0.15) is 38.4 Å². The van der Waals surface area contributed by atoms with Crippen molar-refractivity contribution in [1.82, 2.24) is 4.72 Å². The fourth-order valence-electron chi connectivity index (χ4n) is 2.60. The van der Waals surface area contributed by atoms with E-state index in [4.69, 9.17) is 10.2 Å². The van der Waals surface area contributed by atoms with E-state index in [2.05, 4.69) is 11.6 Å². The molecule has 3 N–H and O–H groups in total. The summed E-state index contributed by atoms with van der Waals surface area (Å²) in [4.78, 5) is 0. The molecule has 1 aromatic rings. The Labute approximate surface area is 114 Å². The minimum atomic E-state index is -3.54. The third-order valence-corrected chi connectivity index (χ3v) is 5.22. The summed E-state index contributed by atoms with van der Waals surface area (Å²) < 4.78 is 32.0. The number of hydrogen-bond donors (Lipinski definition) is 2. The van der Waals surface area contributed by atoms with Gasteiger partial charge in [-0.1, -0.05) is 26.2 Å². The highest BCUT2D eigenvalue weighted by molar-refractivity contribution is 7.89. The van der Waals surface area contributed by atoms with Crippen LogP contribution in [0.3, 0.4) is 0 Å². The molecule has 5 nitrogen and oxygen atoms in total. The van der Waals surface area contributed by atoms with Crippen LogP contribution in [0.5, 0.6) is 0 Å². The van der Waals surface area contributed by atoms with E-state index in [1.54, 1.807) is 6.07 Å². The van der Waals surface area contributed by atoms with E-state index in [-0.39, 0.29) is 11.6 Å². The van der Waals surface area contributed by atoms with E-state index >= 15 is 0 Å². The van der Waals surface area contributed by atoms with Gasteiger partial charge < -0.3 is 10.2 Å². The van der Waals surface area contributed by atoms with E-state index < -0.39 is 10.0 Å². The van der Waals surface area contributed by atoms with Crippen molar-refractivity contribution in [2.24, 2.45) is 17.6 Å². The normalized spacial score (nSPS) is 24.5. The summed E-state index contributed by atoms with van der Waals surface area (Å²) in [5, 5.41) is -0.0450. The van der Waals surface area contributed by atoms with Crippen molar-refractivity contribution >= 4 is 10.0 Å². The molecule has 0 aliphatic heterocycles. The van der Waals surface area contributed by atoms with Gasteiger partial charge in [-0.2, -0.15) is 0 Å². The van der Waals surface area contributed by atoms with Crippen LogP contribution in [0.2, 0.25) is 0 Å². The van der Waals surface area contributed by atoms with Gasteiger partial charge in [0.05, 0.1) is 6.54 Å². The third kappa shape index (κ3) is 3.58. The molecule has 0 amide bonds. The monoisotopic (exact) mass is 286 g/mol. The molecule has 0 radical (unpaired) electrons. The Morgan fingerprint density at radius 2 is 2.11 bits per heavy atom. The van der Waals surface area contributed by atoms with Gasteiger partial charge in [0.2, 0.25) is 5.09 Å². The maximum atomic E-state index is 12.1. The highest BCUT2D eigenvalue weighted by Crippen LogP contribution is 2.29. The SMILES string of the molecule is CC1CCCCC1CNS(=O)(=O)c1ccc(CN)o1. The molecule has 2 unspecified atom stereocenters. The maximum Gasteiger partial charge on any atom is 0.273 e. The van der Waals surface area contributed by atoms with E-state index in [0.29, 0.717) is 24.1 Å². The second-order valence-corrected chi connectivity index (χ2v) is 7.00. The Morgan fingerprint density at radius 3 is 2.74 bits per heavy atom. The lowest BCUT2D eigenvalue weighted by Gasteiger charge is -2.28. The zero-order valence-electron chi connectivity index (χ0n) is 11.3. The average molecular weight is 286 g/mol. The summed E-state index contributed by atoms with van der Waals surface area (Å²) in [5.41, 5.74) is 5.41. The molecule has 1 aliphatic rings. The molecular weight excluding hydrogens is 264 g/mol. The van der Waals surface area contributed by atoms with Gasteiger partial charge in [0.1, 0.15) is 5.76 Å². The minimum Gasteiger partial charge on any atom is -0.447 e. The number of furan rings is 1. The molecule has 1 fully saturated rings. The zero-order valence-corrected chi connectivity index (χ0v) is 12.1.